The number of nitrogens with zero attached hydrogens (tertiary/aromatic N) is 4. The van der Waals surface area contributed by atoms with Gasteiger partial charge in [0.2, 0.25) is 5.95 Å². The molecule has 0 radical (unpaired) electrons. The van der Waals surface area contributed by atoms with Crippen molar-refractivity contribution >= 4 is 28.8 Å². The Bertz CT molecular complexity index is 1620. The van der Waals surface area contributed by atoms with Gasteiger partial charge in [0.25, 0.3) is 5.91 Å². The zero-order chi connectivity index (χ0) is 28.9. The van der Waals surface area contributed by atoms with Gasteiger partial charge in [-0.3, -0.25) is 4.79 Å². The van der Waals surface area contributed by atoms with E-state index in [0.29, 0.717) is 23.0 Å². The number of alkyl halides is 3. The van der Waals surface area contributed by atoms with Gasteiger partial charge < -0.3 is 15.2 Å². The van der Waals surface area contributed by atoms with Crippen LogP contribution in [0.25, 0.3) is 11.3 Å². The van der Waals surface area contributed by atoms with Crippen LogP contribution in [0.15, 0.2) is 92.1 Å². The number of anilines is 3. The van der Waals surface area contributed by atoms with Crippen molar-refractivity contribution in [2.45, 2.75) is 26.9 Å². The summed E-state index contributed by atoms with van der Waals surface area (Å²) in [5.74, 6) is -0.266. The molecule has 0 atom stereocenters. The molecular weight excluding hydrogens is 517 g/mol. The number of nitrogens with one attached hydrogen (secondary N) is 2. The van der Waals surface area contributed by atoms with E-state index in [1.54, 1.807) is 49.7 Å². The highest BCUT2D eigenvalue weighted by atomic mass is 19.4. The Morgan fingerprint density at radius 3 is 2.55 bits per heavy atom. The second kappa shape index (κ2) is 11.8. The second-order valence-electron chi connectivity index (χ2n) is 8.91. The maximum Gasteiger partial charge on any atom is 0.416 e. The van der Waals surface area contributed by atoms with Crippen molar-refractivity contribution in [3.63, 3.8) is 0 Å². The van der Waals surface area contributed by atoms with Gasteiger partial charge in [0.15, 0.2) is 0 Å². The largest absolute Gasteiger partial charge is 0.416 e. The minimum Gasteiger partial charge on any atom is -0.324 e. The van der Waals surface area contributed by atoms with Crippen molar-refractivity contribution < 1.29 is 18.0 Å². The number of benzene rings is 2. The zero-order valence-corrected chi connectivity index (χ0v) is 22.1. The molecule has 0 saturated heterocycles. The number of imidazole rings is 1. The van der Waals surface area contributed by atoms with E-state index in [9.17, 15) is 18.0 Å². The molecule has 4 rings (SSSR count). The predicted molar refractivity (Wildman–Crippen MR) is 151 cm³/mol. The summed E-state index contributed by atoms with van der Waals surface area (Å²) in [5, 5.41) is 5.72. The maximum absolute atomic E-state index is 13.6. The Labute approximate surface area is 229 Å². The van der Waals surface area contributed by atoms with E-state index in [-0.39, 0.29) is 16.9 Å². The number of halogens is 3. The molecule has 4 aromatic rings. The first-order valence-electron chi connectivity index (χ1n) is 12.3. The first-order chi connectivity index (χ1) is 19.1. The molecule has 0 fully saturated rings. The third kappa shape index (κ3) is 6.71. The van der Waals surface area contributed by atoms with Crippen LogP contribution in [0.5, 0.6) is 0 Å². The Morgan fingerprint density at radius 1 is 1.07 bits per heavy atom. The molecule has 40 heavy (non-hydrogen) atoms. The van der Waals surface area contributed by atoms with E-state index in [1.807, 2.05) is 32.1 Å². The van der Waals surface area contributed by atoms with E-state index < -0.39 is 17.6 Å². The van der Waals surface area contributed by atoms with Crippen LogP contribution in [0, 0.1) is 13.8 Å². The molecule has 2 aromatic carbocycles. The summed E-state index contributed by atoms with van der Waals surface area (Å²) in [6, 6.07) is 10.0. The van der Waals surface area contributed by atoms with Gasteiger partial charge in [-0.15, -0.1) is 0 Å². The van der Waals surface area contributed by atoms with Gasteiger partial charge >= 0.3 is 6.18 Å². The van der Waals surface area contributed by atoms with E-state index in [4.69, 9.17) is 0 Å². The maximum atomic E-state index is 13.6. The molecule has 0 aliphatic rings. The zero-order valence-electron chi connectivity index (χ0n) is 22.1. The molecule has 7 nitrogen and oxygen atoms in total. The standard InChI is InChI=1S/C30H27F3N6O/c1-5-7-8-21(6-2)26-11-12-34-29(37-26)38-27-13-22(10-9-19(27)3)28(40)36-24-14-23(30(31,32)33)15-25(16-24)39-17-20(4)35-18-39/h5-18H,2H2,1,3-4H3,(H,36,40)(H,34,37,38)/b7-5-,21-8+. The normalized spacial score (nSPS) is 12.0. The molecule has 0 aliphatic heterocycles. The fourth-order valence-electron chi connectivity index (χ4n) is 3.82. The number of hydrogen-bond acceptors (Lipinski definition) is 5. The Balaban J connectivity index is 1.61. The predicted octanol–water partition coefficient (Wildman–Crippen LogP) is 7.44. The van der Waals surface area contributed by atoms with Crippen molar-refractivity contribution in [2.75, 3.05) is 10.6 Å². The van der Waals surface area contributed by atoms with Crippen molar-refractivity contribution in [1.29, 1.82) is 0 Å². The molecule has 1 amide bonds. The molecule has 0 unspecified atom stereocenters. The summed E-state index contributed by atoms with van der Waals surface area (Å²) in [5.41, 5.74) is 3.06. The number of carbonyl (C=O) groups is 1. The number of allylic oxidation sites excluding steroid dienone is 5. The van der Waals surface area contributed by atoms with E-state index >= 15 is 0 Å². The third-order valence-electron chi connectivity index (χ3n) is 5.90. The Morgan fingerprint density at radius 2 is 1.88 bits per heavy atom. The summed E-state index contributed by atoms with van der Waals surface area (Å²) in [4.78, 5) is 26.0. The number of hydrogen-bond donors (Lipinski definition) is 2. The molecular formula is C30H27F3N6O. The minimum atomic E-state index is -4.60. The number of aryl methyl sites for hydroxylation is 2. The molecule has 0 spiro atoms. The lowest BCUT2D eigenvalue weighted by atomic mass is 10.1. The van der Waals surface area contributed by atoms with E-state index in [2.05, 4.69) is 32.2 Å². The van der Waals surface area contributed by atoms with Crippen LogP contribution in [0.2, 0.25) is 0 Å². The summed E-state index contributed by atoms with van der Waals surface area (Å²) in [7, 11) is 0. The highest BCUT2D eigenvalue weighted by Gasteiger charge is 2.31. The van der Waals surface area contributed by atoms with E-state index in [0.717, 1.165) is 23.3 Å². The average Bonchev–Trinajstić information content (AvgIpc) is 3.36. The molecule has 2 heterocycles. The molecule has 10 heteroatoms. The quantitative estimate of drug-likeness (QED) is 0.225. The average molecular weight is 545 g/mol. The monoisotopic (exact) mass is 544 g/mol. The van der Waals surface area contributed by atoms with Crippen molar-refractivity contribution in [1.82, 2.24) is 19.5 Å². The van der Waals surface area contributed by atoms with Gasteiger partial charge in [-0.2, -0.15) is 13.2 Å². The lowest BCUT2D eigenvalue weighted by molar-refractivity contribution is -0.137. The first-order valence-corrected chi connectivity index (χ1v) is 12.3. The molecule has 2 aromatic heterocycles. The minimum absolute atomic E-state index is 0.00262. The van der Waals surface area contributed by atoms with Crippen LogP contribution >= 0.6 is 0 Å². The molecule has 0 aliphatic carbocycles. The number of aromatic nitrogens is 4. The second-order valence-corrected chi connectivity index (χ2v) is 8.91. The summed E-state index contributed by atoms with van der Waals surface area (Å²) in [6.07, 6.45) is 7.36. The number of rotatable bonds is 8. The van der Waals surface area contributed by atoms with Gasteiger partial charge in [0, 0.05) is 35.0 Å². The molecule has 0 bridgehead atoms. The number of amides is 1. The highest BCUT2D eigenvalue weighted by Crippen LogP contribution is 2.33. The fourth-order valence-corrected chi connectivity index (χ4v) is 3.82. The highest BCUT2D eigenvalue weighted by molar-refractivity contribution is 6.05. The number of carbonyl (C=O) groups excluding carboxylic acids is 1. The smallest absolute Gasteiger partial charge is 0.324 e. The van der Waals surface area contributed by atoms with Gasteiger partial charge in [-0.25, -0.2) is 15.0 Å². The Hall–Kier alpha value is -4.99. The van der Waals surface area contributed by atoms with Crippen molar-refractivity contribution in [3.05, 3.63) is 120 Å². The molecule has 2 N–H and O–H groups in total. The summed E-state index contributed by atoms with van der Waals surface area (Å²) >= 11 is 0. The Kier molecular flexibility index (Phi) is 8.28. The van der Waals surface area contributed by atoms with Crippen LogP contribution in [0.4, 0.5) is 30.5 Å². The lowest BCUT2D eigenvalue weighted by Crippen LogP contribution is -2.14. The lowest BCUT2D eigenvalue weighted by Gasteiger charge is -2.14. The summed E-state index contributed by atoms with van der Waals surface area (Å²) < 4.78 is 42.3. The van der Waals surface area contributed by atoms with Gasteiger partial charge in [-0.1, -0.05) is 36.9 Å². The van der Waals surface area contributed by atoms with Gasteiger partial charge in [0.1, 0.15) is 0 Å². The van der Waals surface area contributed by atoms with Crippen LogP contribution in [0.3, 0.4) is 0 Å². The van der Waals surface area contributed by atoms with Gasteiger partial charge in [-0.05, 0) is 68.3 Å². The SMILES string of the molecule is C=C/C(=C\C=C/C)c1ccnc(Nc2cc(C(=O)Nc3cc(-n4cnc(C)c4)cc(C(F)(F)F)c3)ccc2C)n1. The van der Waals surface area contributed by atoms with Crippen LogP contribution in [-0.2, 0) is 6.18 Å². The van der Waals surface area contributed by atoms with Crippen LogP contribution in [0.1, 0.15) is 39.8 Å². The first kappa shape index (κ1) is 28.0. The molecule has 0 saturated carbocycles. The molecule has 204 valence electrons. The van der Waals surface area contributed by atoms with Crippen molar-refractivity contribution in [2.24, 2.45) is 0 Å². The third-order valence-corrected chi connectivity index (χ3v) is 5.90. The van der Waals surface area contributed by atoms with Crippen LogP contribution < -0.4 is 10.6 Å². The van der Waals surface area contributed by atoms with Crippen LogP contribution in [-0.4, -0.2) is 25.4 Å². The van der Waals surface area contributed by atoms with E-state index in [1.165, 1.54) is 17.0 Å². The topological polar surface area (TPSA) is 84.7 Å². The summed E-state index contributed by atoms with van der Waals surface area (Å²) in [6.45, 7) is 9.32. The van der Waals surface area contributed by atoms with Crippen molar-refractivity contribution in [3.8, 4) is 5.69 Å². The van der Waals surface area contributed by atoms with Gasteiger partial charge in [0.05, 0.1) is 23.3 Å². The fraction of sp³-hybridized carbons (Fsp3) is 0.133.